The Morgan fingerprint density at radius 3 is 2.34 bits per heavy atom. The second-order valence-corrected chi connectivity index (χ2v) is 11.9. The fourth-order valence-corrected chi connectivity index (χ4v) is 6.58. The van der Waals surface area contributed by atoms with Crippen molar-refractivity contribution in [3.05, 3.63) is 71.9 Å². The molecule has 0 unspecified atom stereocenters. The number of aromatic nitrogens is 1. The molecule has 1 saturated carbocycles. The molecule has 2 aliphatic rings. The minimum Gasteiger partial charge on any atom is -0.486 e. The minimum atomic E-state index is -4.80. The number of ether oxygens (including phenoxy) is 1. The van der Waals surface area contributed by atoms with Crippen LogP contribution >= 0.6 is 0 Å². The number of carboxylic acids is 1. The van der Waals surface area contributed by atoms with Crippen LogP contribution in [0, 0.1) is 11.8 Å². The molecule has 7 nitrogen and oxygen atoms in total. The van der Waals surface area contributed by atoms with Gasteiger partial charge >= 0.3 is 18.3 Å². The molecule has 1 aromatic heterocycles. The number of hydrogen-bond donors (Lipinski definition) is 1. The van der Waals surface area contributed by atoms with Crippen molar-refractivity contribution in [1.82, 2.24) is 4.98 Å². The molecule has 1 aliphatic carbocycles. The van der Waals surface area contributed by atoms with E-state index >= 15 is 0 Å². The van der Waals surface area contributed by atoms with Gasteiger partial charge in [0.05, 0.1) is 34.3 Å². The van der Waals surface area contributed by atoms with Crippen molar-refractivity contribution in [2.75, 3.05) is 10.8 Å². The normalized spacial score (nSPS) is 21.0. The van der Waals surface area contributed by atoms with Crippen LogP contribution in [0.4, 0.5) is 32.0 Å². The lowest BCUT2D eigenvalue weighted by molar-refractivity contribution is -0.146. The molecule has 0 radical (unpaired) electrons. The smallest absolute Gasteiger partial charge is 0.433 e. The summed E-state index contributed by atoms with van der Waals surface area (Å²) in [5, 5.41) is 9.16. The van der Waals surface area contributed by atoms with Crippen LogP contribution < -0.4 is 9.04 Å². The summed E-state index contributed by atoms with van der Waals surface area (Å²) in [4.78, 5) is 14.2. The average Bonchev–Trinajstić information content (AvgIpc) is 2.88. The third kappa shape index (κ3) is 5.83. The number of rotatable bonds is 6. The van der Waals surface area contributed by atoms with Crippen LogP contribution in [-0.4, -0.2) is 37.1 Å². The van der Waals surface area contributed by atoms with Crippen molar-refractivity contribution in [3.8, 4) is 17.0 Å². The number of halogens is 6. The number of pyridine rings is 1. The first-order chi connectivity index (χ1) is 19.1. The number of carboxylic acid groups (broad SMARTS) is 1. The molecule has 1 atom stereocenters. The highest BCUT2D eigenvalue weighted by Crippen LogP contribution is 2.44. The van der Waals surface area contributed by atoms with Crippen LogP contribution in [0.15, 0.2) is 65.6 Å². The van der Waals surface area contributed by atoms with Crippen LogP contribution in [0.3, 0.4) is 0 Å². The predicted octanol–water partition coefficient (Wildman–Crippen LogP) is 6.24. The Balaban J connectivity index is 1.54. The zero-order valence-corrected chi connectivity index (χ0v) is 21.8. The Kier molecular flexibility index (Phi) is 7.16. The highest BCUT2D eigenvalue weighted by atomic mass is 32.2. The van der Waals surface area contributed by atoms with Gasteiger partial charge < -0.3 is 9.84 Å². The molecule has 5 rings (SSSR count). The summed E-state index contributed by atoms with van der Waals surface area (Å²) in [6, 6.07) is 10.5. The number of sulfonamides is 1. The Labute approximate surface area is 230 Å². The van der Waals surface area contributed by atoms with E-state index in [0.29, 0.717) is 25.3 Å². The van der Waals surface area contributed by atoms with Crippen molar-refractivity contribution in [2.45, 2.75) is 42.6 Å². The maximum atomic E-state index is 13.8. The standard InChI is InChI=1S/C27H22F6N2O5S/c28-26(29,30)18-3-1-4-20(13-18)41(38,39)35-14-19(11-15-9-17(10-15)25(36)37)40-23-8-7-16(12-22(23)35)21-5-2-6-24(34-21)27(31,32)33/h1-8,12-13,15,17,19H,9-11,14H2,(H,36,37)/t15-,17-,19-/m0/s1. The quantitative estimate of drug-likeness (QED) is 0.337. The maximum Gasteiger partial charge on any atom is 0.433 e. The number of hydrogen-bond acceptors (Lipinski definition) is 5. The Morgan fingerprint density at radius 2 is 1.68 bits per heavy atom. The van der Waals surface area contributed by atoms with E-state index in [1.165, 1.54) is 24.3 Å². The minimum absolute atomic E-state index is 0.0571. The number of aliphatic carboxylic acids is 1. The van der Waals surface area contributed by atoms with Gasteiger partial charge in [0.25, 0.3) is 10.0 Å². The third-order valence-electron chi connectivity index (χ3n) is 7.16. The largest absolute Gasteiger partial charge is 0.486 e. The highest BCUT2D eigenvalue weighted by molar-refractivity contribution is 7.92. The van der Waals surface area contributed by atoms with Crippen LogP contribution in [-0.2, 0) is 27.2 Å². The number of carbonyl (C=O) groups is 1. The topological polar surface area (TPSA) is 96.8 Å². The van der Waals surface area contributed by atoms with Crippen LogP contribution in [0.25, 0.3) is 11.3 Å². The summed E-state index contributed by atoms with van der Waals surface area (Å²) in [5.74, 6) is -1.44. The van der Waals surface area contributed by atoms with Gasteiger partial charge in [-0.1, -0.05) is 12.1 Å². The second-order valence-electron chi connectivity index (χ2n) is 10.00. The van der Waals surface area contributed by atoms with E-state index in [9.17, 15) is 39.6 Å². The van der Waals surface area contributed by atoms with Crippen molar-refractivity contribution in [3.63, 3.8) is 0 Å². The summed E-state index contributed by atoms with van der Waals surface area (Å²) in [6.45, 7) is -0.306. The molecule has 41 heavy (non-hydrogen) atoms. The molecule has 1 aliphatic heterocycles. The zero-order chi connectivity index (χ0) is 29.7. The molecule has 2 aromatic carbocycles. The first-order valence-electron chi connectivity index (χ1n) is 12.4. The van der Waals surface area contributed by atoms with E-state index in [1.54, 1.807) is 0 Å². The molecule has 0 amide bonds. The maximum absolute atomic E-state index is 13.8. The molecule has 0 bridgehead atoms. The summed E-state index contributed by atoms with van der Waals surface area (Å²) in [5.41, 5.74) is -2.37. The molecule has 1 fully saturated rings. The molecular formula is C27H22F6N2O5S. The van der Waals surface area contributed by atoms with E-state index in [4.69, 9.17) is 9.84 Å². The highest BCUT2D eigenvalue weighted by Gasteiger charge is 2.41. The van der Waals surface area contributed by atoms with E-state index < -0.39 is 56.5 Å². The monoisotopic (exact) mass is 600 g/mol. The Bertz CT molecular complexity index is 1590. The third-order valence-corrected chi connectivity index (χ3v) is 8.93. The molecular weight excluding hydrogens is 578 g/mol. The molecule has 3 aromatic rings. The lowest BCUT2D eigenvalue weighted by atomic mass is 9.72. The van der Waals surface area contributed by atoms with Crippen molar-refractivity contribution in [2.24, 2.45) is 11.8 Å². The molecule has 14 heteroatoms. The fourth-order valence-electron chi connectivity index (χ4n) is 5.04. The molecule has 218 valence electrons. The van der Waals surface area contributed by atoms with Gasteiger partial charge in [-0.3, -0.25) is 9.10 Å². The fraction of sp³-hybridized carbons (Fsp3) is 0.333. The lowest BCUT2D eigenvalue weighted by Crippen LogP contribution is -2.45. The SMILES string of the molecule is O=C(O)[C@H]1C[C@H](C[C@H]2CN(S(=O)(=O)c3cccc(C(F)(F)F)c3)c3cc(-c4cccc(C(F)(F)F)n4)ccc3O2)C1. The van der Waals surface area contributed by atoms with Gasteiger partial charge in [0.15, 0.2) is 0 Å². The number of alkyl halides is 6. The van der Waals surface area contributed by atoms with Crippen molar-refractivity contribution >= 4 is 21.7 Å². The molecule has 0 saturated heterocycles. The van der Waals surface area contributed by atoms with Gasteiger partial charge in [0, 0.05) is 5.56 Å². The van der Waals surface area contributed by atoms with Gasteiger partial charge in [-0.15, -0.1) is 0 Å². The second kappa shape index (κ2) is 10.2. The van der Waals surface area contributed by atoms with Crippen LogP contribution in [0.1, 0.15) is 30.5 Å². The van der Waals surface area contributed by atoms with Gasteiger partial charge in [-0.2, -0.15) is 26.3 Å². The Hall–Kier alpha value is -3.81. The summed E-state index contributed by atoms with van der Waals surface area (Å²) < 4.78 is 114. The van der Waals surface area contributed by atoms with E-state index in [0.717, 1.165) is 34.6 Å². The number of benzene rings is 2. The van der Waals surface area contributed by atoms with Gasteiger partial charge in [0.2, 0.25) is 0 Å². The first kappa shape index (κ1) is 28.7. The number of nitrogens with zero attached hydrogens (tertiary/aromatic N) is 2. The van der Waals surface area contributed by atoms with E-state index in [-0.39, 0.29) is 35.2 Å². The predicted molar refractivity (Wildman–Crippen MR) is 134 cm³/mol. The van der Waals surface area contributed by atoms with Gasteiger partial charge in [0.1, 0.15) is 17.5 Å². The summed E-state index contributed by atoms with van der Waals surface area (Å²) in [6.07, 6.45) is -9.22. The first-order valence-corrected chi connectivity index (χ1v) is 13.8. The van der Waals surface area contributed by atoms with Crippen molar-refractivity contribution in [1.29, 1.82) is 0 Å². The van der Waals surface area contributed by atoms with E-state index in [1.807, 2.05) is 0 Å². The van der Waals surface area contributed by atoms with Crippen LogP contribution in [0.5, 0.6) is 5.75 Å². The summed E-state index contributed by atoms with van der Waals surface area (Å²) >= 11 is 0. The molecule has 0 spiro atoms. The van der Waals surface area contributed by atoms with Gasteiger partial charge in [-0.25, -0.2) is 13.4 Å². The number of anilines is 1. The van der Waals surface area contributed by atoms with E-state index in [2.05, 4.69) is 4.98 Å². The molecule has 2 heterocycles. The zero-order valence-electron chi connectivity index (χ0n) is 21.0. The van der Waals surface area contributed by atoms with Gasteiger partial charge in [-0.05, 0) is 73.7 Å². The molecule has 1 N–H and O–H groups in total. The lowest BCUT2D eigenvalue weighted by Gasteiger charge is -2.40. The Morgan fingerprint density at radius 1 is 0.976 bits per heavy atom. The van der Waals surface area contributed by atoms with Crippen LogP contribution in [0.2, 0.25) is 0 Å². The number of fused-ring (bicyclic) bond motifs is 1. The average molecular weight is 601 g/mol. The van der Waals surface area contributed by atoms with Crippen molar-refractivity contribution < 1.29 is 49.4 Å². The summed E-state index contributed by atoms with van der Waals surface area (Å²) in [7, 11) is -4.61.